The molecule has 14 nitrogen and oxygen atoms in total. The normalized spacial score (nSPS) is 11.6. The Morgan fingerprint density at radius 1 is 0.239 bits per heavy atom. The van der Waals surface area contributed by atoms with Crippen LogP contribution in [-0.2, 0) is 61.6 Å². The highest BCUT2D eigenvalue weighted by atomic mass is 16.6. The first-order chi connectivity index (χ1) is 22.9. The van der Waals surface area contributed by atoms with Crippen molar-refractivity contribution in [1.29, 1.82) is 0 Å². The number of unbranched alkanes of at least 4 members (excludes halogenated alkanes) is 3. The molecule has 0 radical (unpaired) electrons. The molecule has 0 saturated carbocycles. The molecular formula is C32H67NO13. The summed E-state index contributed by atoms with van der Waals surface area (Å²) in [5.74, 6) is 0. The third-order valence-electron chi connectivity index (χ3n) is 5.87. The molecule has 0 heterocycles. The molecule has 0 saturated heterocycles. The van der Waals surface area contributed by atoms with E-state index in [1.807, 2.05) is 0 Å². The van der Waals surface area contributed by atoms with Crippen LogP contribution in [0.1, 0.15) is 32.6 Å². The Balaban J connectivity index is 3.03. The van der Waals surface area contributed by atoms with Crippen LogP contribution in [0.15, 0.2) is 0 Å². The standard InChI is InChI=1S/C32H67NO13/c1-2-3-4-5-7-34-9-11-36-13-15-38-17-19-40-21-23-42-25-27-44-29-31-46-32-30-45-28-26-43-24-22-41-20-18-39-16-14-37-12-10-35-8-6-33/h2-33H2,1H3. The van der Waals surface area contributed by atoms with Gasteiger partial charge in [-0.1, -0.05) is 26.2 Å². The van der Waals surface area contributed by atoms with Crippen LogP contribution in [0.2, 0.25) is 0 Å². The van der Waals surface area contributed by atoms with E-state index in [0.717, 1.165) is 13.0 Å². The summed E-state index contributed by atoms with van der Waals surface area (Å²) in [6, 6.07) is 0. The lowest BCUT2D eigenvalue weighted by Gasteiger charge is -2.09. The van der Waals surface area contributed by atoms with Gasteiger partial charge in [0.25, 0.3) is 0 Å². The predicted octanol–water partition coefficient (Wildman–Crippen LogP) is 1.74. The molecule has 0 spiro atoms. The van der Waals surface area contributed by atoms with E-state index in [1.165, 1.54) is 19.3 Å². The van der Waals surface area contributed by atoms with E-state index in [4.69, 9.17) is 67.3 Å². The minimum Gasteiger partial charge on any atom is -0.379 e. The van der Waals surface area contributed by atoms with E-state index in [0.29, 0.717) is 172 Å². The fourth-order valence-corrected chi connectivity index (χ4v) is 3.46. The van der Waals surface area contributed by atoms with Crippen LogP contribution in [0, 0.1) is 0 Å². The van der Waals surface area contributed by atoms with Crippen LogP contribution in [0.25, 0.3) is 0 Å². The predicted molar refractivity (Wildman–Crippen MR) is 174 cm³/mol. The molecule has 0 aliphatic carbocycles. The Bertz CT molecular complexity index is 482. The number of nitrogens with two attached hydrogens (primary N) is 1. The fourth-order valence-electron chi connectivity index (χ4n) is 3.46. The lowest BCUT2D eigenvalue weighted by molar-refractivity contribution is -0.0290. The number of hydrogen-bond acceptors (Lipinski definition) is 14. The molecular weight excluding hydrogens is 606 g/mol. The quantitative estimate of drug-likeness (QED) is 0.0938. The molecule has 14 heteroatoms. The van der Waals surface area contributed by atoms with Crippen molar-refractivity contribution in [2.45, 2.75) is 32.6 Å². The summed E-state index contributed by atoms with van der Waals surface area (Å²) < 4.78 is 70.8. The summed E-state index contributed by atoms with van der Waals surface area (Å²) in [6.45, 7) is 17.0. The summed E-state index contributed by atoms with van der Waals surface area (Å²) >= 11 is 0. The molecule has 0 aromatic rings. The van der Waals surface area contributed by atoms with Gasteiger partial charge in [0.1, 0.15) is 0 Å². The SMILES string of the molecule is CCCCCCOCCOCCOCCOCCOCCOCCOCCOCCOCCOCCOCCOCCOCCN. The first-order valence-corrected chi connectivity index (χ1v) is 17.1. The molecule has 46 heavy (non-hydrogen) atoms. The van der Waals surface area contributed by atoms with E-state index in [-0.39, 0.29) is 0 Å². The number of ether oxygens (including phenoxy) is 13. The van der Waals surface area contributed by atoms with E-state index < -0.39 is 0 Å². The molecule has 0 aliphatic heterocycles. The van der Waals surface area contributed by atoms with Gasteiger partial charge in [-0.25, -0.2) is 0 Å². The molecule has 2 N–H and O–H groups in total. The molecule has 0 fully saturated rings. The monoisotopic (exact) mass is 673 g/mol. The van der Waals surface area contributed by atoms with Crippen molar-refractivity contribution in [3.63, 3.8) is 0 Å². The van der Waals surface area contributed by atoms with Gasteiger partial charge in [0.15, 0.2) is 0 Å². The zero-order valence-corrected chi connectivity index (χ0v) is 28.8. The third-order valence-corrected chi connectivity index (χ3v) is 5.87. The maximum atomic E-state index is 5.53. The summed E-state index contributed by atoms with van der Waals surface area (Å²) in [6.07, 6.45) is 4.89. The highest BCUT2D eigenvalue weighted by Gasteiger charge is 1.97. The molecule has 0 aliphatic rings. The first-order valence-electron chi connectivity index (χ1n) is 17.1. The second-order valence-electron chi connectivity index (χ2n) is 9.81. The van der Waals surface area contributed by atoms with Crippen molar-refractivity contribution in [1.82, 2.24) is 0 Å². The second kappa shape index (κ2) is 44.4. The van der Waals surface area contributed by atoms with Gasteiger partial charge in [0.2, 0.25) is 0 Å². The smallest absolute Gasteiger partial charge is 0.0701 e. The van der Waals surface area contributed by atoms with Gasteiger partial charge in [-0.3, -0.25) is 0 Å². The Morgan fingerprint density at radius 2 is 0.435 bits per heavy atom. The van der Waals surface area contributed by atoms with Crippen LogP contribution < -0.4 is 5.73 Å². The van der Waals surface area contributed by atoms with Crippen molar-refractivity contribution in [2.24, 2.45) is 5.73 Å². The average molecular weight is 674 g/mol. The van der Waals surface area contributed by atoms with Crippen molar-refractivity contribution in [3.05, 3.63) is 0 Å². The average Bonchev–Trinajstić information content (AvgIpc) is 3.07. The largest absolute Gasteiger partial charge is 0.379 e. The Morgan fingerprint density at radius 3 is 0.630 bits per heavy atom. The van der Waals surface area contributed by atoms with Gasteiger partial charge in [0.05, 0.1) is 165 Å². The highest BCUT2D eigenvalue weighted by Crippen LogP contribution is 1.98. The van der Waals surface area contributed by atoms with Gasteiger partial charge < -0.3 is 67.3 Å². The minimum absolute atomic E-state index is 0.512. The van der Waals surface area contributed by atoms with E-state index in [1.54, 1.807) is 0 Å². The van der Waals surface area contributed by atoms with Crippen LogP contribution in [0.5, 0.6) is 0 Å². The van der Waals surface area contributed by atoms with Gasteiger partial charge in [-0.15, -0.1) is 0 Å². The summed E-state index contributed by atoms with van der Waals surface area (Å²) in [4.78, 5) is 0. The zero-order valence-electron chi connectivity index (χ0n) is 28.8. The number of hydrogen-bond donors (Lipinski definition) is 1. The fraction of sp³-hybridized carbons (Fsp3) is 1.00. The van der Waals surface area contributed by atoms with E-state index >= 15 is 0 Å². The molecule has 0 aromatic carbocycles. The van der Waals surface area contributed by atoms with Crippen LogP contribution in [0.4, 0.5) is 0 Å². The van der Waals surface area contributed by atoms with Crippen molar-refractivity contribution < 1.29 is 61.6 Å². The Labute approximate surface area is 278 Å². The van der Waals surface area contributed by atoms with Crippen LogP contribution in [0.3, 0.4) is 0 Å². The van der Waals surface area contributed by atoms with Crippen molar-refractivity contribution in [3.8, 4) is 0 Å². The maximum Gasteiger partial charge on any atom is 0.0701 e. The molecule has 0 aromatic heterocycles. The van der Waals surface area contributed by atoms with E-state index in [9.17, 15) is 0 Å². The second-order valence-corrected chi connectivity index (χ2v) is 9.81. The van der Waals surface area contributed by atoms with Gasteiger partial charge in [-0.2, -0.15) is 0 Å². The molecule has 0 atom stereocenters. The lowest BCUT2D eigenvalue weighted by Crippen LogP contribution is -2.16. The summed E-state index contributed by atoms with van der Waals surface area (Å²) in [7, 11) is 0. The summed E-state index contributed by atoms with van der Waals surface area (Å²) in [5, 5.41) is 0. The van der Waals surface area contributed by atoms with E-state index in [2.05, 4.69) is 6.92 Å². The van der Waals surface area contributed by atoms with Crippen molar-refractivity contribution in [2.75, 3.05) is 178 Å². The molecule has 0 bridgehead atoms. The van der Waals surface area contributed by atoms with Gasteiger partial charge >= 0.3 is 0 Å². The Kier molecular flexibility index (Phi) is 43.9. The summed E-state index contributed by atoms with van der Waals surface area (Å²) in [5.41, 5.74) is 5.33. The molecule has 278 valence electrons. The van der Waals surface area contributed by atoms with Gasteiger partial charge in [0, 0.05) is 13.2 Å². The van der Waals surface area contributed by atoms with Crippen LogP contribution in [-0.4, -0.2) is 178 Å². The number of rotatable bonds is 43. The zero-order chi connectivity index (χ0) is 33.1. The third kappa shape index (κ3) is 43.4. The van der Waals surface area contributed by atoms with Crippen molar-refractivity contribution >= 4 is 0 Å². The molecule has 0 amide bonds. The highest BCUT2D eigenvalue weighted by molar-refractivity contribution is 4.41. The molecule has 0 rings (SSSR count). The van der Waals surface area contributed by atoms with Gasteiger partial charge in [-0.05, 0) is 6.42 Å². The maximum absolute atomic E-state index is 5.53. The minimum atomic E-state index is 0.512. The first kappa shape index (κ1) is 45.4. The van der Waals surface area contributed by atoms with Crippen LogP contribution >= 0.6 is 0 Å². The lowest BCUT2D eigenvalue weighted by atomic mass is 10.2. The topological polar surface area (TPSA) is 146 Å². The Hall–Kier alpha value is -0.560. The molecule has 0 unspecified atom stereocenters.